The minimum absolute atomic E-state index is 0.338. The Morgan fingerprint density at radius 1 is 1.21 bits per heavy atom. The molecule has 180 valence electrons. The zero-order valence-electron chi connectivity index (χ0n) is 21.2. The summed E-state index contributed by atoms with van der Waals surface area (Å²) in [5, 5.41) is 0.498. The highest BCUT2D eigenvalue weighted by Gasteiger charge is 2.34. The molecular formula is C28H37ClO4. The predicted molar refractivity (Wildman–Crippen MR) is 138 cm³/mol. The van der Waals surface area contributed by atoms with Crippen molar-refractivity contribution in [3.8, 4) is 11.5 Å². The van der Waals surface area contributed by atoms with Crippen LogP contribution in [0, 0.1) is 5.92 Å². The number of halogens is 1. The molecule has 0 spiro atoms. The number of hydrogen-bond donors (Lipinski definition) is 0. The third-order valence-electron chi connectivity index (χ3n) is 5.49. The lowest BCUT2D eigenvalue weighted by Gasteiger charge is -2.37. The summed E-state index contributed by atoms with van der Waals surface area (Å²) in [6.07, 6.45) is 10.3. The van der Waals surface area contributed by atoms with E-state index in [4.69, 9.17) is 25.8 Å². The van der Waals surface area contributed by atoms with Crippen molar-refractivity contribution >= 4 is 29.2 Å². The molecule has 0 N–H and O–H groups in total. The minimum atomic E-state index is -0.440. The SMILES string of the molecule is CCOC(=O)/C=C(C)/C=C/C=C(/CC)c1cc2c(c(Cl)c1OCC)OC(C)(C)C(C(C)C)=C2. The van der Waals surface area contributed by atoms with E-state index in [1.807, 2.05) is 32.1 Å². The van der Waals surface area contributed by atoms with Crippen LogP contribution in [0.4, 0.5) is 0 Å². The van der Waals surface area contributed by atoms with E-state index in [2.05, 4.69) is 46.8 Å². The molecule has 1 aliphatic heterocycles. The summed E-state index contributed by atoms with van der Waals surface area (Å²) in [7, 11) is 0. The lowest BCUT2D eigenvalue weighted by Crippen LogP contribution is -2.35. The van der Waals surface area contributed by atoms with E-state index in [0.717, 1.165) is 28.7 Å². The highest BCUT2D eigenvalue weighted by Crippen LogP contribution is 2.49. The molecule has 1 aromatic carbocycles. The maximum absolute atomic E-state index is 11.6. The number of carbonyl (C=O) groups is 1. The van der Waals surface area contributed by atoms with Gasteiger partial charge in [0.25, 0.3) is 0 Å². The molecule has 0 fully saturated rings. The Hall–Kier alpha value is -2.46. The average Bonchev–Trinajstić information content (AvgIpc) is 2.73. The van der Waals surface area contributed by atoms with Gasteiger partial charge in [0.2, 0.25) is 0 Å². The Morgan fingerprint density at radius 2 is 1.91 bits per heavy atom. The summed E-state index contributed by atoms with van der Waals surface area (Å²) in [4.78, 5) is 11.6. The van der Waals surface area contributed by atoms with Gasteiger partial charge in [0.15, 0.2) is 0 Å². The van der Waals surface area contributed by atoms with Crippen LogP contribution in [0.25, 0.3) is 11.6 Å². The molecule has 1 aromatic rings. The summed E-state index contributed by atoms with van der Waals surface area (Å²) < 4.78 is 17.3. The predicted octanol–water partition coefficient (Wildman–Crippen LogP) is 7.81. The van der Waals surface area contributed by atoms with Crippen LogP contribution in [0.3, 0.4) is 0 Å². The number of benzene rings is 1. The molecule has 2 rings (SSSR count). The van der Waals surface area contributed by atoms with Crippen LogP contribution in [0.1, 0.15) is 72.9 Å². The van der Waals surface area contributed by atoms with Gasteiger partial charge in [-0.1, -0.05) is 50.6 Å². The third-order valence-corrected chi connectivity index (χ3v) is 5.84. The summed E-state index contributed by atoms with van der Waals surface area (Å²) in [6, 6.07) is 2.11. The van der Waals surface area contributed by atoms with Crippen LogP contribution in [-0.2, 0) is 9.53 Å². The maximum Gasteiger partial charge on any atom is 0.330 e. The Balaban J connectivity index is 2.56. The topological polar surface area (TPSA) is 44.8 Å². The number of ether oxygens (including phenoxy) is 3. The first kappa shape index (κ1) is 26.8. The second-order valence-corrected chi connectivity index (χ2v) is 9.21. The zero-order valence-corrected chi connectivity index (χ0v) is 21.9. The molecule has 0 atom stereocenters. The molecule has 0 unspecified atom stereocenters. The number of hydrogen-bond acceptors (Lipinski definition) is 4. The van der Waals surface area contributed by atoms with Crippen molar-refractivity contribution in [2.24, 2.45) is 5.92 Å². The largest absolute Gasteiger partial charge is 0.492 e. The van der Waals surface area contributed by atoms with E-state index in [1.165, 1.54) is 11.6 Å². The van der Waals surface area contributed by atoms with Gasteiger partial charge in [-0.25, -0.2) is 4.79 Å². The molecule has 0 saturated heterocycles. The lowest BCUT2D eigenvalue weighted by atomic mass is 9.84. The monoisotopic (exact) mass is 472 g/mol. The summed E-state index contributed by atoms with van der Waals surface area (Å²) in [5.41, 5.74) is 4.58. The zero-order chi connectivity index (χ0) is 24.8. The Morgan fingerprint density at radius 3 is 2.48 bits per heavy atom. The van der Waals surface area contributed by atoms with E-state index in [0.29, 0.717) is 35.7 Å². The molecule has 0 saturated carbocycles. The van der Waals surface area contributed by atoms with E-state index in [-0.39, 0.29) is 5.97 Å². The minimum Gasteiger partial charge on any atom is -0.492 e. The second-order valence-electron chi connectivity index (χ2n) is 8.83. The van der Waals surface area contributed by atoms with Crippen LogP contribution < -0.4 is 9.47 Å². The first-order valence-corrected chi connectivity index (χ1v) is 12.1. The van der Waals surface area contributed by atoms with Gasteiger partial charge in [-0.2, -0.15) is 0 Å². The number of allylic oxidation sites excluding steroid dienone is 5. The van der Waals surface area contributed by atoms with Gasteiger partial charge < -0.3 is 14.2 Å². The number of rotatable bonds is 9. The van der Waals surface area contributed by atoms with Gasteiger partial charge in [-0.3, -0.25) is 0 Å². The molecule has 1 aliphatic rings. The van der Waals surface area contributed by atoms with Crippen molar-refractivity contribution < 1.29 is 19.0 Å². The lowest BCUT2D eigenvalue weighted by molar-refractivity contribution is -0.137. The first-order valence-electron chi connectivity index (χ1n) is 11.7. The van der Waals surface area contributed by atoms with E-state index < -0.39 is 5.60 Å². The van der Waals surface area contributed by atoms with E-state index in [9.17, 15) is 4.79 Å². The van der Waals surface area contributed by atoms with Gasteiger partial charge in [0, 0.05) is 17.2 Å². The van der Waals surface area contributed by atoms with E-state index in [1.54, 1.807) is 6.92 Å². The third kappa shape index (κ3) is 6.54. The Labute approximate surface area is 204 Å². The maximum atomic E-state index is 11.6. The Kier molecular flexibility index (Phi) is 9.42. The molecule has 0 aliphatic carbocycles. The van der Waals surface area contributed by atoms with Crippen molar-refractivity contribution in [1.29, 1.82) is 0 Å². The van der Waals surface area contributed by atoms with Gasteiger partial charge in [0.05, 0.1) is 13.2 Å². The van der Waals surface area contributed by atoms with E-state index >= 15 is 0 Å². The average molecular weight is 473 g/mol. The summed E-state index contributed by atoms with van der Waals surface area (Å²) >= 11 is 6.85. The highest BCUT2D eigenvalue weighted by molar-refractivity contribution is 6.34. The quantitative estimate of drug-likeness (QED) is 0.209. The number of esters is 1. The number of fused-ring (bicyclic) bond motifs is 1. The normalized spacial score (nSPS) is 15.9. The molecule has 0 aromatic heterocycles. The summed E-state index contributed by atoms with van der Waals surface area (Å²) in [5.74, 6) is 1.31. The molecule has 0 amide bonds. The van der Waals surface area contributed by atoms with Crippen LogP contribution in [0.5, 0.6) is 11.5 Å². The van der Waals surface area contributed by atoms with Crippen molar-refractivity contribution in [1.82, 2.24) is 0 Å². The molecule has 33 heavy (non-hydrogen) atoms. The first-order chi connectivity index (χ1) is 15.5. The van der Waals surface area contributed by atoms with Crippen LogP contribution in [0.15, 0.2) is 41.5 Å². The Bertz CT molecular complexity index is 994. The molecule has 1 heterocycles. The summed E-state index contributed by atoms with van der Waals surface area (Å²) in [6.45, 7) is 17.0. The molecular weight excluding hydrogens is 436 g/mol. The van der Waals surface area contributed by atoms with Gasteiger partial charge in [-0.15, -0.1) is 0 Å². The van der Waals surface area contributed by atoms with Gasteiger partial charge >= 0.3 is 5.97 Å². The van der Waals surface area contributed by atoms with Crippen molar-refractivity contribution in [3.05, 3.63) is 57.7 Å². The fourth-order valence-electron chi connectivity index (χ4n) is 4.02. The molecule has 0 radical (unpaired) electrons. The fourth-order valence-corrected chi connectivity index (χ4v) is 4.32. The fraction of sp³-hybridized carbons (Fsp3) is 0.464. The second kappa shape index (κ2) is 11.6. The van der Waals surface area contributed by atoms with Crippen LogP contribution in [-0.4, -0.2) is 24.8 Å². The number of carbonyl (C=O) groups excluding carboxylic acids is 1. The van der Waals surface area contributed by atoms with Crippen molar-refractivity contribution in [2.75, 3.05) is 13.2 Å². The molecule has 5 heteroatoms. The molecule has 0 bridgehead atoms. The highest BCUT2D eigenvalue weighted by atomic mass is 35.5. The van der Waals surface area contributed by atoms with Crippen LogP contribution >= 0.6 is 11.6 Å². The smallest absolute Gasteiger partial charge is 0.330 e. The van der Waals surface area contributed by atoms with Gasteiger partial charge in [-0.05, 0) is 75.8 Å². The standard InChI is InChI=1S/C28H37ClO4/c1-9-20(14-12-13-19(6)15-24(30)31-10-2)22-16-21-17-23(18(4)5)28(7,8)33-26(21)25(29)27(22)32-11-3/h12-18H,9-11H2,1-8H3/b13-12+,19-15+,20-14-. The van der Waals surface area contributed by atoms with Crippen molar-refractivity contribution in [2.45, 2.75) is 67.4 Å². The molecule has 4 nitrogen and oxygen atoms in total. The van der Waals surface area contributed by atoms with Gasteiger partial charge in [0.1, 0.15) is 22.1 Å². The van der Waals surface area contributed by atoms with Crippen LogP contribution in [0.2, 0.25) is 5.02 Å². The van der Waals surface area contributed by atoms with Crippen molar-refractivity contribution in [3.63, 3.8) is 0 Å².